The summed E-state index contributed by atoms with van der Waals surface area (Å²) in [6, 6.07) is 13.5. The summed E-state index contributed by atoms with van der Waals surface area (Å²) < 4.78 is 12.2. The van der Waals surface area contributed by atoms with Crippen molar-refractivity contribution in [1.82, 2.24) is 5.01 Å². The van der Waals surface area contributed by atoms with Crippen LogP contribution in [0, 0.1) is 23.7 Å². The number of carbonyl (C=O) groups excluding carboxylic acids is 2. The number of imide groups is 1. The largest absolute Gasteiger partial charge is 0.493 e. The van der Waals surface area contributed by atoms with Crippen LogP contribution >= 0.6 is 15.9 Å². The molecule has 1 heterocycles. The van der Waals surface area contributed by atoms with Crippen molar-refractivity contribution in [2.75, 3.05) is 7.11 Å². The van der Waals surface area contributed by atoms with Crippen molar-refractivity contribution in [1.29, 1.82) is 0 Å². The van der Waals surface area contributed by atoms with Gasteiger partial charge in [-0.2, -0.15) is 10.1 Å². The molecule has 2 aromatic rings. The van der Waals surface area contributed by atoms with Crippen molar-refractivity contribution < 1.29 is 19.1 Å². The van der Waals surface area contributed by atoms with Crippen molar-refractivity contribution in [2.24, 2.45) is 28.8 Å². The van der Waals surface area contributed by atoms with Gasteiger partial charge >= 0.3 is 0 Å². The second-order valence-corrected chi connectivity index (χ2v) is 9.24. The summed E-state index contributed by atoms with van der Waals surface area (Å²) in [7, 11) is 1.57. The number of rotatable bonds is 6. The number of fused-ring (bicyclic) bond motifs is 1. The summed E-state index contributed by atoms with van der Waals surface area (Å²) in [6.45, 7) is 0.402. The molecule has 164 valence electrons. The lowest BCUT2D eigenvalue weighted by molar-refractivity contribution is -0.140. The van der Waals surface area contributed by atoms with Crippen LogP contribution in [0.3, 0.4) is 0 Å². The second kappa shape index (κ2) is 8.54. The zero-order valence-corrected chi connectivity index (χ0v) is 19.2. The molecule has 32 heavy (non-hydrogen) atoms. The molecule has 6 rings (SSSR count). The molecule has 1 saturated carbocycles. The number of hydrogen-bond acceptors (Lipinski definition) is 5. The third kappa shape index (κ3) is 3.64. The lowest BCUT2D eigenvalue weighted by Gasteiger charge is -2.37. The number of methoxy groups -OCH3 is 1. The predicted octanol–water partition coefficient (Wildman–Crippen LogP) is 4.57. The van der Waals surface area contributed by atoms with E-state index in [1.54, 1.807) is 13.2 Å². The van der Waals surface area contributed by atoms with Crippen LogP contribution in [0.5, 0.6) is 11.5 Å². The van der Waals surface area contributed by atoms with Gasteiger partial charge in [-0.25, -0.2) is 0 Å². The van der Waals surface area contributed by atoms with E-state index in [1.165, 1.54) is 6.21 Å². The monoisotopic (exact) mass is 494 g/mol. The predicted molar refractivity (Wildman–Crippen MR) is 123 cm³/mol. The number of amides is 2. The lowest BCUT2D eigenvalue weighted by atomic mass is 9.63. The maximum atomic E-state index is 12.9. The first-order valence-electron chi connectivity index (χ1n) is 10.7. The highest BCUT2D eigenvalue weighted by Crippen LogP contribution is 2.49. The minimum atomic E-state index is -0.265. The van der Waals surface area contributed by atoms with Gasteiger partial charge in [0.05, 0.1) is 29.6 Å². The Bertz CT molecular complexity index is 1080. The van der Waals surface area contributed by atoms with Crippen LogP contribution in [0.15, 0.2) is 64.2 Å². The van der Waals surface area contributed by atoms with Gasteiger partial charge in [0.25, 0.3) is 11.8 Å². The Morgan fingerprint density at radius 3 is 2.31 bits per heavy atom. The van der Waals surface area contributed by atoms with Gasteiger partial charge < -0.3 is 9.47 Å². The number of halogens is 1. The molecule has 4 aliphatic rings. The molecule has 2 bridgehead atoms. The van der Waals surface area contributed by atoms with Gasteiger partial charge in [-0.1, -0.05) is 42.5 Å². The van der Waals surface area contributed by atoms with Gasteiger partial charge in [0.2, 0.25) is 0 Å². The molecule has 1 aliphatic heterocycles. The van der Waals surface area contributed by atoms with E-state index in [9.17, 15) is 9.59 Å². The molecule has 2 fully saturated rings. The van der Waals surface area contributed by atoms with Crippen molar-refractivity contribution in [3.05, 3.63) is 70.2 Å². The third-order valence-electron chi connectivity index (χ3n) is 6.54. The van der Waals surface area contributed by atoms with Crippen LogP contribution in [0.4, 0.5) is 0 Å². The van der Waals surface area contributed by atoms with Crippen LogP contribution < -0.4 is 9.47 Å². The maximum Gasteiger partial charge on any atom is 0.254 e. The van der Waals surface area contributed by atoms with E-state index in [0.29, 0.717) is 28.1 Å². The van der Waals surface area contributed by atoms with E-state index in [2.05, 4.69) is 33.2 Å². The molecule has 0 radical (unpaired) electrons. The number of benzene rings is 2. The zero-order chi connectivity index (χ0) is 22.2. The highest BCUT2D eigenvalue weighted by Gasteiger charge is 2.56. The van der Waals surface area contributed by atoms with E-state index in [1.807, 2.05) is 36.4 Å². The third-order valence-corrected chi connectivity index (χ3v) is 7.13. The summed E-state index contributed by atoms with van der Waals surface area (Å²) in [4.78, 5) is 25.9. The first kappa shape index (κ1) is 20.9. The molecule has 0 spiro atoms. The van der Waals surface area contributed by atoms with Crippen molar-refractivity contribution in [2.45, 2.75) is 19.4 Å². The highest BCUT2D eigenvalue weighted by atomic mass is 79.9. The smallest absolute Gasteiger partial charge is 0.254 e. The molecule has 1 saturated heterocycles. The molecule has 4 atom stereocenters. The van der Waals surface area contributed by atoms with Gasteiger partial charge in [0.1, 0.15) is 6.61 Å². The van der Waals surface area contributed by atoms with E-state index < -0.39 is 0 Å². The van der Waals surface area contributed by atoms with Crippen LogP contribution in [-0.2, 0) is 16.2 Å². The summed E-state index contributed by atoms with van der Waals surface area (Å²) in [6.07, 6.45) is 7.66. The first-order chi connectivity index (χ1) is 15.6. The maximum absolute atomic E-state index is 12.9. The molecule has 2 aromatic carbocycles. The highest BCUT2D eigenvalue weighted by molar-refractivity contribution is 9.10. The molecular weight excluding hydrogens is 472 g/mol. The van der Waals surface area contributed by atoms with Gasteiger partial charge in [-0.15, -0.1) is 0 Å². The fourth-order valence-electron chi connectivity index (χ4n) is 4.98. The van der Waals surface area contributed by atoms with E-state index in [4.69, 9.17) is 9.47 Å². The molecule has 0 N–H and O–H groups in total. The van der Waals surface area contributed by atoms with Crippen molar-refractivity contribution >= 4 is 34.0 Å². The standard InChI is InChI=1S/C25H23BrN2O4/c1-31-20-12-16(11-19(26)23(20)32-14-15-5-3-2-4-6-15)13-27-28-24(29)21-17-7-8-18(10-9-17)22(21)25(28)30/h2-8,11-13,17-18,21-22H,9-10,14H2,1H3/b27-13-/t17-,18-,21-,22+/m1/s1. The molecule has 0 aromatic heterocycles. The van der Waals surface area contributed by atoms with E-state index >= 15 is 0 Å². The van der Waals surface area contributed by atoms with Crippen molar-refractivity contribution in [3.8, 4) is 11.5 Å². The first-order valence-corrected chi connectivity index (χ1v) is 11.5. The van der Waals surface area contributed by atoms with Gasteiger partial charge in [0.15, 0.2) is 11.5 Å². The molecule has 2 amide bonds. The molecule has 3 aliphatic carbocycles. The fraction of sp³-hybridized carbons (Fsp3) is 0.320. The Hall–Kier alpha value is -2.93. The summed E-state index contributed by atoms with van der Waals surface area (Å²) >= 11 is 3.54. The Kier molecular flexibility index (Phi) is 5.59. The number of hydrazone groups is 1. The molecule has 0 unspecified atom stereocenters. The van der Waals surface area contributed by atoms with Gasteiger partial charge in [0, 0.05) is 0 Å². The van der Waals surface area contributed by atoms with Gasteiger partial charge in [-0.3, -0.25) is 9.59 Å². The Labute approximate surface area is 195 Å². The van der Waals surface area contributed by atoms with Crippen molar-refractivity contribution in [3.63, 3.8) is 0 Å². The Morgan fingerprint density at radius 1 is 1.06 bits per heavy atom. The zero-order valence-electron chi connectivity index (χ0n) is 17.6. The second-order valence-electron chi connectivity index (χ2n) is 8.38. The van der Waals surface area contributed by atoms with Gasteiger partial charge in [-0.05, 0) is 63.9 Å². The average Bonchev–Trinajstić information content (AvgIpc) is 3.10. The Balaban J connectivity index is 1.35. The van der Waals surface area contributed by atoms with Crippen LogP contribution in [0.2, 0.25) is 0 Å². The Morgan fingerprint density at radius 2 is 1.72 bits per heavy atom. The number of hydrogen-bond donors (Lipinski definition) is 0. The molecule has 6 nitrogen and oxygen atoms in total. The molecule has 7 heteroatoms. The SMILES string of the molecule is COc1cc(/C=N\N2C(=O)[C@@H]3[C@H](C2=O)[C@@H]2C=C[C@@H]3CC2)cc(Br)c1OCc1ccccc1. The number of allylic oxidation sites excluding steroid dienone is 2. The lowest BCUT2D eigenvalue weighted by Crippen LogP contribution is -2.38. The molecular formula is C25H23BrN2O4. The average molecular weight is 495 g/mol. The normalized spacial score (nSPS) is 26.1. The summed E-state index contributed by atoms with van der Waals surface area (Å²) in [5, 5.41) is 5.34. The van der Waals surface area contributed by atoms with Crippen LogP contribution in [0.25, 0.3) is 0 Å². The fourth-order valence-corrected chi connectivity index (χ4v) is 5.55. The van der Waals surface area contributed by atoms with E-state index in [0.717, 1.165) is 23.4 Å². The summed E-state index contributed by atoms with van der Waals surface area (Å²) in [5.74, 6) is 0.501. The van der Waals surface area contributed by atoms with Crippen LogP contribution in [-0.4, -0.2) is 30.1 Å². The number of ether oxygens (including phenoxy) is 2. The minimum absolute atomic E-state index is 0.150. The van der Waals surface area contributed by atoms with E-state index in [-0.39, 0.29) is 35.5 Å². The summed E-state index contributed by atoms with van der Waals surface area (Å²) in [5.41, 5.74) is 1.74. The minimum Gasteiger partial charge on any atom is -0.493 e. The quantitative estimate of drug-likeness (QED) is 0.335. The number of carbonyl (C=O) groups is 2. The topological polar surface area (TPSA) is 68.2 Å². The number of nitrogens with zero attached hydrogens (tertiary/aromatic N) is 2. The van der Waals surface area contributed by atoms with Crippen LogP contribution in [0.1, 0.15) is 24.0 Å².